The van der Waals surface area contributed by atoms with Gasteiger partial charge in [0.1, 0.15) is 0 Å². The minimum absolute atomic E-state index is 0.0188. The lowest BCUT2D eigenvalue weighted by Crippen LogP contribution is -2.44. The minimum Gasteiger partial charge on any atom is -0.380 e. The highest BCUT2D eigenvalue weighted by molar-refractivity contribution is 4.95. The summed E-state index contributed by atoms with van der Waals surface area (Å²) in [6, 6.07) is 0. The van der Waals surface area contributed by atoms with Crippen molar-refractivity contribution in [2.45, 2.75) is 57.8 Å². The van der Waals surface area contributed by atoms with Crippen molar-refractivity contribution in [1.82, 2.24) is 4.90 Å². The molecule has 0 bridgehead atoms. The standard InChI is InChI=1S/C13H27NO2/c1-7-12(2,3)16-10-13(4)8-11(15-6)9-14(13)5/h11H,7-10H2,1-6H3. The molecule has 1 fully saturated rings. The van der Waals surface area contributed by atoms with E-state index in [9.17, 15) is 0 Å². The normalized spacial score (nSPS) is 32.2. The number of methoxy groups -OCH3 is 1. The summed E-state index contributed by atoms with van der Waals surface area (Å²) in [4.78, 5) is 2.35. The molecule has 1 aliphatic heterocycles. The van der Waals surface area contributed by atoms with E-state index in [2.05, 4.69) is 39.6 Å². The molecule has 3 nitrogen and oxygen atoms in total. The smallest absolute Gasteiger partial charge is 0.0716 e. The molecule has 96 valence electrons. The first-order valence-corrected chi connectivity index (χ1v) is 6.21. The van der Waals surface area contributed by atoms with Crippen molar-refractivity contribution >= 4 is 0 Å². The summed E-state index contributed by atoms with van der Waals surface area (Å²) in [5.41, 5.74) is 0.0993. The summed E-state index contributed by atoms with van der Waals surface area (Å²) in [5.74, 6) is 0. The molecule has 0 N–H and O–H groups in total. The Morgan fingerprint density at radius 3 is 2.50 bits per heavy atom. The highest BCUT2D eigenvalue weighted by Crippen LogP contribution is 2.31. The van der Waals surface area contributed by atoms with E-state index in [1.165, 1.54) is 0 Å². The molecule has 1 rings (SSSR count). The monoisotopic (exact) mass is 229 g/mol. The molecular formula is C13H27NO2. The van der Waals surface area contributed by atoms with Crippen LogP contribution in [0.15, 0.2) is 0 Å². The Labute approximate surface area is 100 Å². The maximum Gasteiger partial charge on any atom is 0.0716 e. The first-order valence-electron chi connectivity index (χ1n) is 6.21. The lowest BCUT2D eigenvalue weighted by Gasteiger charge is -2.35. The molecule has 0 spiro atoms. The number of nitrogens with zero attached hydrogens (tertiary/aromatic N) is 1. The van der Waals surface area contributed by atoms with Gasteiger partial charge in [0, 0.05) is 19.2 Å². The quantitative estimate of drug-likeness (QED) is 0.722. The Balaban J connectivity index is 2.52. The Hall–Kier alpha value is -0.120. The molecule has 1 aliphatic rings. The van der Waals surface area contributed by atoms with Crippen LogP contribution in [-0.2, 0) is 9.47 Å². The molecular weight excluding hydrogens is 202 g/mol. The Bertz CT molecular complexity index is 230. The van der Waals surface area contributed by atoms with Crippen LogP contribution in [0, 0.1) is 0 Å². The van der Waals surface area contributed by atoms with Gasteiger partial charge in [0.05, 0.1) is 18.3 Å². The van der Waals surface area contributed by atoms with E-state index in [1.807, 2.05) is 0 Å². The van der Waals surface area contributed by atoms with E-state index in [-0.39, 0.29) is 11.1 Å². The first-order chi connectivity index (χ1) is 7.33. The highest BCUT2D eigenvalue weighted by Gasteiger charge is 2.41. The third-order valence-electron chi connectivity index (χ3n) is 4.03. The maximum atomic E-state index is 6.03. The third-order valence-corrected chi connectivity index (χ3v) is 4.03. The van der Waals surface area contributed by atoms with E-state index in [1.54, 1.807) is 7.11 Å². The van der Waals surface area contributed by atoms with Gasteiger partial charge in [-0.2, -0.15) is 0 Å². The Kier molecular flexibility index (Phi) is 4.38. The second kappa shape index (κ2) is 5.03. The number of likely N-dealkylation sites (N-methyl/N-ethyl adjacent to an activating group) is 1. The predicted octanol–water partition coefficient (Wildman–Crippen LogP) is 2.30. The zero-order valence-electron chi connectivity index (χ0n) is 11.7. The lowest BCUT2D eigenvalue weighted by atomic mass is 9.98. The number of hydrogen-bond donors (Lipinski definition) is 0. The van der Waals surface area contributed by atoms with Crippen LogP contribution in [0.1, 0.15) is 40.5 Å². The molecule has 0 saturated carbocycles. The second-order valence-electron chi connectivity index (χ2n) is 5.84. The van der Waals surface area contributed by atoms with Gasteiger partial charge in [-0.1, -0.05) is 6.92 Å². The number of hydrogen-bond acceptors (Lipinski definition) is 3. The van der Waals surface area contributed by atoms with Gasteiger partial charge in [0.2, 0.25) is 0 Å². The molecule has 0 aromatic carbocycles. The predicted molar refractivity (Wildman–Crippen MR) is 66.8 cm³/mol. The van der Waals surface area contributed by atoms with Crippen LogP contribution < -0.4 is 0 Å². The molecule has 0 radical (unpaired) electrons. The van der Waals surface area contributed by atoms with Crippen LogP contribution in [0.2, 0.25) is 0 Å². The summed E-state index contributed by atoms with van der Waals surface area (Å²) in [5, 5.41) is 0. The van der Waals surface area contributed by atoms with Crippen molar-refractivity contribution in [3.8, 4) is 0 Å². The molecule has 0 aromatic heterocycles. The second-order valence-corrected chi connectivity index (χ2v) is 5.84. The van der Waals surface area contributed by atoms with Gasteiger partial charge < -0.3 is 9.47 Å². The summed E-state index contributed by atoms with van der Waals surface area (Å²) in [7, 11) is 3.95. The van der Waals surface area contributed by atoms with E-state index in [0.717, 1.165) is 26.0 Å². The zero-order valence-corrected chi connectivity index (χ0v) is 11.7. The maximum absolute atomic E-state index is 6.03. The van der Waals surface area contributed by atoms with Gasteiger partial charge in [-0.15, -0.1) is 0 Å². The largest absolute Gasteiger partial charge is 0.380 e. The van der Waals surface area contributed by atoms with Gasteiger partial charge in [-0.05, 0) is 40.7 Å². The van der Waals surface area contributed by atoms with Crippen molar-refractivity contribution < 1.29 is 9.47 Å². The molecule has 0 amide bonds. The highest BCUT2D eigenvalue weighted by atomic mass is 16.5. The van der Waals surface area contributed by atoms with E-state index in [4.69, 9.17) is 9.47 Å². The summed E-state index contributed by atoms with van der Waals surface area (Å²) >= 11 is 0. The van der Waals surface area contributed by atoms with Crippen molar-refractivity contribution in [2.75, 3.05) is 27.3 Å². The third kappa shape index (κ3) is 3.19. The minimum atomic E-state index is -0.0188. The number of likely N-dealkylation sites (tertiary alicyclic amines) is 1. The van der Waals surface area contributed by atoms with E-state index >= 15 is 0 Å². The van der Waals surface area contributed by atoms with Crippen LogP contribution in [0.25, 0.3) is 0 Å². The molecule has 1 heterocycles. The SMILES string of the molecule is CCC(C)(C)OCC1(C)CC(OC)CN1C. The summed E-state index contributed by atoms with van der Waals surface area (Å²) in [6.45, 7) is 10.5. The molecule has 3 heteroatoms. The van der Waals surface area contributed by atoms with Gasteiger partial charge in [-0.25, -0.2) is 0 Å². The van der Waals surface area contributed by atoms with Crippen molar-refractivity contribution in [2.24, 2.45) is 0 Å². The first kappa shape index (κ1) is 13.9. The molecule has 2 atom stereocenters. The lowest BCUT2D eigenvalue weighted by molar-refractivity contribution is -0.0646. The molecule has 16 heavy (non-hydrogen) atoms. The number of rotatable bonds is 5. The molecule has 2 unspecified atom stereocenters. The fourth-order valence-electron chi connectivity index (χ4n) is 2.02. The topological polar surface area (TPSA) is 21.7 Å². The Morgan fingerprint density at radius 2 is 2.06 bits per heavy atom. The van der Waals surface area contributed by atoms with Crippen molar-refractivity contribution in [1.29, 1.82) is 0 Å². The zero-order chi connectivity index (χ0) is 12.4. The van der Waals surface area contributed by atoms with E-state index in [0.29, 0.717) is 6.10 Å². The summed E-state index contributed by atoms with van der Waals surface area (Å²) < 4.78 is 11.5. The Morgan fingerprint density at radius 1 is 1.44 bits per heavy atom. The van der Waals surface area contributed by atoms with Crippen molar-refractivity contribution in [3.63, 3.8) is 0 Å². The average molecular weight is 229 g/mol. The van der Waals surface area contributed by atoms with Crippen LogP contribution in [-0.4, -0.2) is 49.5 Å². The van der Waals surface area contributed by atoms with Gasteiger partial charge in [0.15, 0.2) is 0 Å². The molecule has 0 aromatic rings. The number of ether oxygens (including phenoxy) is 2. The fourth-order valence-corrected chi connectivity index (χ4v) is 2.02. The van der Waals surface area contributed by atoms with E-state index < -0.39 is 0 Å². The van der Waals surface area contributed by atoms with Crippen LogP contribution in [0.5, 0.6) is 0 Å². The van der Waals surface area contributed by atoms with Crippen molar-refractivity contribution in [3.05, 3.63) is 0 Å². The summed E-state index contributed by atoms with van der Waals surface area (Å²) in [6.07, 6.45) is 2.45. The van der Waals surface area contributed by atoms with Gasteiger partial charge in [0.25, 0.3) is 0 Å². The fraction of sp³-hybridized carbons (Fsp3) is 1.00. The average Bonchev–Trinajstić information content (AvgIpc) is 2.53. The van der Waals surface area contributed by atoms with Crippen LogP contribution in [0.4, 0.5) is 0 Å². The van der Waals surface area contributed by atoms with Gasteiger partial charge in [-0.3, -0.25) is 4.90 Å². The van der Waals surface area contributed by atoms with Gasteiger partial charge >= 0.3 is 0 Å². The van der Waals surface area contributed by atoms with Crippen LogP contribution >= 0.6 is 0 Å². The molecule has 0 aliphatic carbocycles. The van der Waals surface area contributed by atoms with Crippen LogP contribution in [0.3, 0.4) is 0 Å². The molecule has 1 saturated heterocycles.